The van der Waals surface area contributed by atoms with Crippen LogP contribution in [0.3, 0.4) is 0 Å². The maximum Gasteiger partial charge on any atom is 0.252 e. The predicted molar refractivity (Wildman–Crippen MR) is 82.4 cm³/mol. The Hall–Kier alpha value is -0.470. The molecule has 1 aliphatic rings. The predicted octanol–water partition coefficient (Wildman–Crippen LogP) is 1.23. The molecule has 0 radical (unpaired) electrons. The van der Waals surface area contributed by atoms with Crippen molar-refractivity contribution in [2.24, 2.45) is 5.73 Å². The Labute approximate surface area is 125 Å². The molecule has 1 aromatic rings. The number of nitrogens with zero attached hydrogens (tertiary/aromatic N) is 2. The normalized spacial score (nSPS) is 18.9. The molecule has 2 N–H and O–H groups in total. The first kappa shape index (κ1) is 15.9. The van der Waals surface area contributed by atoms with Crippen molar-refractivity contribution in [2.45, 2.75) is 36.6 Å². The molecule has 0 aromatic carbocycles. The van der Waals surface area contributed by atoms with E-state index < -0.39 is 10.0 Å². The van der Waals surface area contributed by atoms with Gasteiger partial charge in [0, 0.05) is 30.6 Å². The minimum Gasteiger partial charge on any atom is -0.326 e. The van der Waals surface area contributed by atoms with Gasteiger partial charge in [0.05, 0.1) is 0 Å². The first-order valence-electron chi connectivity index (χ1n) is 6.82. The third-order valence-corrected chi connectivity index (χ3v) is 7.54. The molecule has 1 aromatic heterocycles. The van der Waals surface area contributed by atoms with Gasteiger partial charge in [-0.1, -0.05) is 0 Å². The van der Waals surface area contributed by atoms with E-state index in [2.05, 4.69) is 4.90 Å². The molecule has 1 fully saturated rings. The Morgan fingerprint density at radius 1 is 1.40 bits per heavy atom. The summed E-state index contributed by atoms with van der Waals surface area (Å²) in [6, 6.07) is 2.23. The van der Waals surface area contributed by atoms with Crippen molar-refractivity contribution in [1.29, 1.82) is 0 Å². The molecule has 0 atom stereocenters. The Kier molecular flexibility index (Phi) is 4.86. The van der Waals surface area contributed by atoms with Gasteiger partial charge in [0.1, 0.15) is 4.21 Å². The summed E-state index contributed by atoms with van der Waals surface area (Å²) in [5.41, 5.74) is 6.61. The summed E-state index contributed by atoms with van der Waals surface area (Å²) < 4.78 is 27.3. The zero-order valence-corrected chi connectivity index (χ0v) is 13.9. The van der Waals surface area contributed by atoms with Crippen LogP contribution in [0, 0.1) is 6.92 Å². The summed E-state index contributed by atoms with van der Waals surface area (Å²) in [7, 11) is 0.748. The van der Waals surface area contributed by atoms with Crippen LogP contribution in [-0.4, -0.2) is 50.8 Å². The molecule has 20 heavy (non-hydrogen) atoms. The van der Waals surface area contributed by atoms with Gasteiger partial charge in [-0.15, -0.1) is 11.3 Å². The topological polar surface area (TPSA) is 66.6 Å². The Bertz CT molecular complexity index is 558. The minimum atomic E-state index is -3.35. The standard InChI is InChI=1S/C13H23N3O2S2/c1-10-8-13(19-12(10)9-14)20(17,18)16-6-4-11(5-7-16)15(2)3/h8,11H,4-7,9,14H2,1-3H3. The maximum atomic E-state index is 12.6. The molecule has 2 rings (SSSR count). The van der Waals surface area contributed by atoms with E-state index in [4.69, 9.17) is 5.73 Å². The van der Waals surface area contributed by atoms with Gasteiger partial charge in [-0.3, -0.25) is 0 Å². The average Bonchev–Trinajstić information content (AvgIpc) is 2.80. The minimum absolute atomic E-state index is 0.398. The third kappa shape index (κ3) is 3.07. The average molecular weight is 317 g/mol. The highest BCUT2D eigenvalue weighted by Gasteiger charge is 2.31. The lowest BCUT2D eigenvalue weighted by Gasteiger charge is -2.34. The first-order valence-corrected chi connectivity index (χ1v) is 9.08. The van der Waals surface area contributed by atoms with Crippen LogP contribution in [-0.2, 0) is 16.6 Å². The third-order valence-electron chi connectivity index (χ3n) is 3.93. The van der Waals surface area contributed by atoms with Crippen LogP contribution in [0.25, 0.3) is 0 Å². The largest absolute Gasteiger partial charge is 0.326 e. The van der Waals surface area contributed by atoms with Crippen molar-refractivity contribution >= 4 is 21.4 Å². The number of hydrogen-bond donors (Lipinski definition) is 1. The fourth-order valence-corrected chi connectivity index (χ4v) is 5.64. The molecule has 5 nitrogen and oxygen atoms in total. The van der Waals surface area contributed by atoms with Crippen LogP contribution in [0.15, 0.2) is 10.3 Å². The van der Waals surface area contributed by atoms with E-state index in [1.54, 1.807) is 10.4 Å². The number of rotatable bonds is 4. The summed E-state index contributed by atoms with van der Waals surface area (Å²) in [5, 5.41) is 0. The monoisotopic (exact) mass is 317 g/mol. The second kappa shape index (κ2) is 6.11. The van der Waals surface area contributed by atoms with Crippen molar-refractivity contribution in [2.75, 3.05) is 27.2 Å². The van der Waals surface area contributed by atoms with Gasteiger partial charge < -0.3 is 10.6 Å². The number of nitrogens with two attached hydrogens (primary N) is 1. The molecule has 0 unspecified atom stereocenters. The van der Waals surface area contributed by atoms with Crippen LogP contribution in [0.1, 0.15) is 23.3 Å². The van der Waals surface area contributed by atoms with E-state index in [1.165, 1.54) is 11.3 Å². The van der Waals surface area contributed by atoms with Crippen molar-refractivity contribution in [1.82, 2.24) is 9.21 Å². The van der Waals surface area contributed by atoms with Crippen LogP contribution < -0.4 is 5.73 Å². The molecular formula is C13H23N3O2S2. The number of sulfonamides is 1. The second-order valence-electron chi connectivity index (χ2n) is 5.47. The Morgan fingerprint density at radius 2 is 2.00 bits per heavy atom. The van der Waals surface area contributed by atoms with Gasteiger partial charge in [-0.25, -0.2) is 8.42 Å². The molecule has 7 heteroatoms. The summed E-state index contributed by atoms with van der Waals surface area (Å²) in [5.74, 6) is 0. The second-order valence-corrected chi connectivity index (χ2v) is 8.78. The smallest absolute Gasteiger partial charge is 0.252 e. The molecule has 1 saturated heterocycles. The van der Waals surface area contributed by atoms with Gasteiger partial charge in [0.15, 0.2) is 0 Å². The van der Waals surface area contributed by atoms with E-state index in [-0.39, 0.29) is 0 Å². The van der Waals surface area contributed by atoms with Crippen LogP contribution >= 0.6 is 11.3 Å². The zero-order valence-electron chi connectivity index (χ0n) is 12.3. The van der Waals surface area contributed by atoms with Crippen LogP contribution in [0.2, 0.25) is 0 Å². The highest BCUT2D eigenvalue weighted by atomic mass is 32.2. The fraction of sp³-hybridized carbons (Fsp3) is 0.692. The molecule has 114 valence electrons. The summed E-state index contributed by atoms with van der Waals surface area (Å²) in [6.45, 7) is 3.50. The summed E-state index contributed by atoms with van der Waals surface area (Å²) >= 11 is 1.30. The molecule has 2 heterocycles. The Balaban J connectivity index is 2.15. The maximum absolute atomic E-state index is 12.6. The quantitative estimate of drug-likeness (QED) is 0.907. The van der Waals surface area contributed by atoms with Crippen molar-refractivity contribution in [3.8, 4) is 0 Å². The molecule has 0 saturated carbocycles. The lowest BCUT2D eigenvalue weighted by molar-refractivity contribution is 0.197. The summed E-state index contributed by atoms with van der Waals surface area (Å²) in [4.78, 5) is 3.12. The number of aryl methyl sites for hydroxylation is 1. The first-order chi connectivity index (χ1) is 9.36. The van der Waals surface area contributed by atoms with Crippen molar-refractivity contribution < 1.29 is 8.42 Å². The molecule has 0 aliphatic carbocycles. The van der Waals surface area contributed by atoms with E-state index >= 15 is 0 Å². The van der Waals surface area contributed by atoms with Crippen LogP contribution in [0.5, 0.6) is 0 Å². The van der Waals surface area contributed by atoms with Gasteiger partial charge in [-0.2, -0.15) is 4.31 Å². The Morgan fingerprint density at radius 3 is 2.45 bits per heavy atom. The van der Waals surface area contributed by atoms with Crippen molar-refractivity contribution in [3.05, 3.63) is 16.5 Å². The molecule has 0 bridgehead atoms. The lowest BCUT2D eigenvalue weighted by Crippen LogP contribution is -2.44. The molecule has 1 aliphatic heterocycles. The number of hydrogen-bond acceptors (Lipinski definition) is 5. The fourth-order valence-electron chi connectivity index (χ4n) is 2.54. The highest BCUT2D eigenvalue weighted by Crippen LogP contribution is 2.30. The van der Waals surface area contributed by atoms with E-state index in [1.807, 2.05) is 21.0 Å². The van der Waals surface area contributed by atoms with E-state index in [9.17, 15) is 8.42 Å². The lowest BCUT2D eigenvalue weighted by atomic mass is 10.1. The zero-order chi connectivity index (χ0) is 14.9. The SMILES string of the molecule is Cc1cc(S(=O)(=O)N2CCC(N(C)C)CC2)sc1CN. The van der Waals surface area contributed by atoms with Gasteiger partial charge in [-0.05, 0) is 45.5 Å². The number of piperidine rings is 1. The molecular weight excluding hydrogens is 294 g/mol. The highest BCUT2D eigenvalue weighted by molar-refractivity contribution is 7.91. The molecule has 0 amide bonds. The summed E-state index contributed by atoms with van der Waals surface area (Å²) in [6.07, 6.45) is 1.78. The molecule has 0 spiro atoms. The van der Waals surface area contributed by atoms with E-state index in [0.29, 0.717) is 29.9 Å². The van der Waals surface area contributed by atoms with Gasteiger partial charge in [0.2, 0.25) is 0 Å². The van der Waals surface area contributed by atoms with Gasteiger partial charge >= 0.3 is 0 Å². The van der Waals surface area contributed by atoms with Crippen LogP contribution in [0.4, 0.5) is 0 Å². The van der Waals surface area contributed by atoms with Gasteiger partial charge in [0.25, 0.3) is 10.0 Å². The number of thiophene rings is 1. The van der Waals surface area contributed by atoms with Crippen molar-refractivity contribution in [3.63, 3.8) is 0 Å². The van der Waals surface area contributed by atoms with E-state index in [0.717, 1.165) is 23.3 Å².